The summed E-state index contributed by atoms with van der Waals surface area (Å²) in [4.78, 5) is 4.09. The van der Waals surface area contributed by atoms with Gasteiger partial charge in [-0.3, -0.25) is 9.25 Å². The number of hydrogen-bond acceptors (Lipinski definition) is 3. The first-order valence-corrected chi connectivity index (χ1v) is 6.17. The number of alkyl halides is 3. The molecule has 0 aliphatic rings. The summed E-state index contributed by atoms with van der Waals surface area (Å²) in [6.45, 7) is 0. The smallest absolute Gasteiger partial charge is 0.405 e. The summed E-state index contributed by atoms with van der Waals surface area (Å²) in [6.07, 6.45) is -4.53. The van der Waals surface area contributed by atoms with E-state index in [0.717, 1.165) is 6.07 Å². The van der Waals surface area contributed by atoms with Crippen molar-refractivity contribution in [2.75, 3.05) is 0 Å². The van der Waals surface area contributed by atoms with E-state index in [4.69, 9.17) is 4.74 Å². The highest BCUT2D eigenvalue weighted by Gasteiger charge is 2.35. The van der Waals surface area contributed by atoms with Gasteiger partial charge in [0.1, 0.15) is 11.5 Å². The van der Waals surface area contributed by atoms with Crippen LogP contribution < -0.4 is 4.74 Å². The molecule has 2 heterocycles. The van der Waals surface area contributed by atoms with Crippen LogP contribution in [0.4, 0.5) is 17.6 Å². The van der Waals surface area contributed by atoms with Gasteiger partial charge in [0, 0.05) is 20.2 Å². The number of nitrogens with zero attached hydrogens (tertiary/aromatic N) is 4. The molecule has 0 saturated carbocycles. The third-order valence-electron chi connectivity index (χ3n) is 3.15. The highest BCUT2D eigenvalue weighted by molar-refractivity contribution is 5.76. The minimum atomic E-state index is -4.53. The van der Waals surface area contributed by atoms with Gasteiger partial charge >= 0.3 is 12.2 Å². The van der Waals surface area contributed by atoms with Crippen LogP contribution in [0.5, 0.6) is 11.9 Å². The lowest BCUT2D eigenvalue weighted by molar-refractivity contribution is -0.143. The van der Waals surface area contributed by atoms with Gasteiger partial charge in [-0.05, 0) is 18.2 Å². The molecular formula is C13H10F4N4O. The van der Waals surface area contributed by atoms with E-state index >= 15 is 0 Å². The SMILES string of the molecule is Cn1nc(Oc2nc3ccc(F)cc3n2C)cc1C(F)(F)F. The van der Waals surface area contributed by atoms with Crippen molar-refractivity contribution in [2.45, 2.75) is 6.18 Å². The molecule has 22 heavy (non-hydrogen) atoms. The highest BCUT2D eigenvalue weighted by atomic mass is 19.4. The van der Waals surface area contributed by atoms with Crippen molar-refractivity contribution in [1.29, 1.82) is 0 Å². The third-order valence-corrected chi connectivity index (χ3v) is 3.15. The van der Waals surface area contributed by atoms with Crippen LogP contribution in [-0.2, 0) is 20.3 Å². The molecule has 3 aromatic rings. The molecule has 5 nitrogen and oxygen atoms in total. The Balaban J connectivity index is 1.99. The molecule has 0 N–H and O–H groups in total. The zero-order chi connectivity index (χ0) is 16.1. The van der Waals surface area contributed by atoms with Crippen molar-refractivity contribution in [3.63, 3.8) is 0 Å². The van der Waals surface area contributed by atoms with Gasteiger partial charge in [0.25, 0.3) is 0 Å². The van der Waals surface area contributed by atoms with E-state index < -0.39 is 17.7 Å². The van der Waals surface area contributed by atoms with Gasteiger partial charge < -0.3 is 4.74 Å². The Morgan fingerprint density at radius 1 is 1.14 bits per heavy atom. The molecule has 0 unspecified atom stereocenters. The maximum Gasteiger partial charge on any atom is 0.433 e. The lowest BCUT2D eigenvalue weighted by Gasteiger charge is -2.04. The molecule has 0 fully saturated rings. The standard InChI is InChI=1S/C13H10F4N4O/c1-20-9-5-7(14)3-4-8(9)18-12(20)22-11-6-10(13(15,16)17)21(2)19-11/h3-6H,1-2H3. The summed E-state index contributed by atoms with van der Waals surface area (Å²) in [5.74, 6) is -0.687. The van der Waals surface area contributed by atoms with E-state index in [1.54, 1.807) is 7.05 Å². The normalized spacial score (nSPS) is 12.1. The number of fused-ring (bicyclic) bond motifs is 1. The van der Waals surface area contributed by atoms with Gasteiger partial charge in [0.05, 0.1) is 11.0 Å². The average Bonchev–Trinajstić information content (AvgIpc) is 2.92. The molecule has 116 valence electrons. The molecular weight excluding hydrogens is 304 g/mol. The largest absolute Gasteiger partial charge is 0.433 e. The second kappa shape index (κ2) is 4.72. The van der Waals surface area contributed by atoms with E-state index in [0.29, 0.717) is 15.7 Å². The van der Waals surface area contributed by atoms with Gasteiger partial charge in [-0.25, -0.2) is 4.39 Å². The molecule has 3 rings (SSSR count). The number of aryl methyl sites for hydroxylation is 2. The fraction of sp³-hybridized carbons (Fsp3) is 0.231. The Kier molecular flexibility index (Phi) is 3.08. The summed E-state index contributed by atoms with van der Waals surface area (Å²) in [7, 11) is 2.73. The Morgan fingerprint density at radius 3 is 2.50 bits per heavy atom. The summed E-state index contributed by atoms with van der Waals surface area (Å²) in [5, 5.41) is 3.65. The quantitative estimate of drug-likeness (QED) is 0.682. The van der Waals surface area contributed by atoms with E-state index in [2.05, 4.69) is 10.1 Å². The molecule has 0 amide bonds. The Morgan fingerprint density at radius 2 is 1.86 bits per heavy atom. The van der Waals surface area contributed by atoms with Crippen molar-refractivity contribution >= 4 is 11.0 Å². The molecule has 0 aliphatic heterocycles. The maximum atomic E-state index is 13.2. The second-order valence-electron chi connectivity index (χ2n) is 4.68. The first kappa shape index (κ1) is 14.4. The molecule has 9 heteroatoms. The number of hydrogen-bond donors (Lipinski definition) is 0. The van der Waals surface area contributed by atoms with Gasteiger partial charge in [-0.15, -0.1) is 5.10 Å². The maximum absolute atomic E-state index is 13.2. The van der Waals surface area contributed by atoms with Crippen molar-refractivity contribution in [1.82, 2.24) is 19.3 Å². The number of halogens is 4. The Hall–Kier alpha value is -2.58. The number of imidazole rings is 1. The van der Waals surface area contributed by atoms with Crippen molar-refractivity contribution in [3.8, 4) is 11.9 Å². The fourth-order valence-corrected chi connectivity index (χ4v) is 2.08. The van der Waals surface area contributed by atoms with E-state index in [-0.39, 0.29) is 11.9 Å². The molecule has 0 spiro atoms. The molecule has 0 saturated heterocycles. The zero-order valence-electron chi connectivity index (χ0n) is 11.5. The first-order valence-electron chi connectivity index (χ1n) is 6.17. The van der Waals surface area contributed by atoms with Crippen LogP contribution in [0.2, 0.25) is 0 Å². The van der Waals surface area contributed by atoms with Crippen LogP contribution in [-0.4, -0.2) is 19.3 Å². The minimum absolute atomic E-state index is 0.0208. The van der Waals surface area contributed by atoms with E-state index in [9.17, 15) is 17.6 Å². The second-order valence-corrected chi connectivity index (χ2v) is 4.68. The van der Waals surface area contributed by atoms with Crippen LogP contribution in [0.1, 0.15) is 5.69 Å². The van der Waals surface area contributed by atoms with Crippen LogP contribution >= 0.6 is 0 Å². The number of ether oxygens (including phenoxy) is 1. The lowest BCUT2D eigenvalue weighted by Crippen LogP contribution is -2.11. The number of rotatable bonds is 2. The Bertz CT molecular complexity index is 850. The van der Waals surface area contributed by atoms with Crippen molar-refractivity contribution in [2.24, 2.45) is 14.1 Å². The predicted octanol–water partition coefficient (Wildman–Crippen LogP) is 3.26. The first-order chi connectivity index (χ1) is 10.3. The number of aromatic nitrogens is 4. The van der Waals surface area contributed by atoms with E-state index in [1.807, 2.05) is 0 Å². The highest BCUT2D eigenvalue weighted by Crippen LogP contribution is 2.32. The summed E-state index contributed by atoms with van der Waals surface area (Å²) in [5.41, 5.74) is -0.0137. The summed E-state index contributed by atoms with van der Waals surface area (Å²) >= 11 is 0. The minimum Gasteiger partial charge on any atom is -0.405 e. The van der Waals surface area contributed by atoms with Gasteiger partial charge in [0.15, 0.2) is 0 Å². The van der Waals surface area contributed by atoms with Crippen molar-refractivity contribution < 1.29 is 22.3 Å². The van der Waals surface area contributed by atoms with E-state index in [1.165, 1.54) is 29.8 Å². The van der Waals surface area contributed by atoms with Gasteiger partial charge in [-0.2, -0.15) is 18.2 Å². The monoisotopic (exact) mass is 314 g/mol. The lowest BCUT2D eigenvalue weighted by atomic mass is 10.3. The van der Waals surface area contributed by atoms with Gasteiger partial charge in [-0.1, -0.05) is 0 Å². The molecule has 0 radical (unpaired) electrons. The molecule has 2 aromatic heterocycles. The molecule has 0 bridgehead atoms. The van der Waals surface area contributed by atoms with Crippen LogP contribution in [0, 0.1) is 5.82 Å². The number of benzene rings is 1. The molecule has 0 atom stereocenters. The molecule has 1 aromatic carbocycles. The van der Waals surface area contributed by atoms with Crippen LogP contribution in [0.25, 0.3) is 11.0 Å². The fourth-order valence-electron chi connectivity index (χ4n) is 2.08. The predicted molar refractivity (Wildman–Crippen MR) is 69.0 cm³/mol. The van der Waals surface area contributed by atoms with Crippen LogP contribution in [0.3, 0.4) is 0 Å². The Labute approximate surface area is 121 Å². The molecule has 0 aliphatic carbocycles. The topological polar surface area (TPSA) is 44.9 Å². The summed E-state index contributed by atoms with van der Waals surface area (Å²) < 4.78 is 58.8. The van der Waals surface area contributed by atoms with Crippen molar-refractivity contribution in [3.05, 3.63) is 35.8 Å². The third kappa shape index (κ3) is 2.38. The van der Waals surface area contributed by atoms with Crippen LogP contribution in [0.15, 0.2) is 24.3 Å². The zero-order valence-corrected chi connectivity index (χ0v) is 11.5. The van der Waals surface area contributed by atoms with Gasteiger partial charge in [0.2, 0.25) is 5.88 Å². The average molecular weight is 314 g/mol. The summed E-state index contributed by atoms with van der Waals surface area (Å²) in [6, 6.07) is 4.75.